The van der Waals surface area contributed by atoms with E-state index < -0.39 is 6.04 Å². The van der Waals surface area contributed by atoms with Gasteiger partial charge in [0.1, 0.15) is 0 Å². The Hall–Kier alpha value is -0.840. The van der Waals surface area contributed by atoms with E-state index >= 15 is 0 Å². The van der Waals surface area contributed by atoms with Gasteiger partial charge in [-0.2, -0.15) is 0 Å². The highest BCUT2D eigenvalue weighted by Gasteiger charge is 2.28. The van der Waals surface area contributed by atoms with E-state index in [2.05, 4.69) is 4.85 Å². The van der Waals surface area contributed by atoms with Crippen molar-refractivity contribution in [3.63, 3.8) is 0 Å². The molecule has 0 bridgehead atoms. The first-order chi connectivity index (χ1) is 4.02. The highest BCUT2D eigenvalue weighted by molar-refractivity contribution is 5.61. The van der Waals surface area contributed by atoms with Crippen molar-refractivity contribution in [2.75, 3.05) is 0 Å². The number of rotatable bonds is 1. The SMILES string of the molecule is [C-]#[N+]C(C=O)C(C)(C)C. The molecule has 2 nitrogen and oxygen atoms in total. The Labute approximate surface area is 55.7 Å². The van der Waals surface area contributed by atoms with Gasteiger partial charge in [0.2, 0.25) is 6.29 Å². The van der Waals surface area contributed by atoms with Crippen molar-refractivity contribution in [1.82, 2.24) is 0 Å². The second-order valence-corrected chi connectivity index (χ2v) is 3.08. The minimum Gasteiger partial charge on any atom is -0.305 e. The van der Waals surface area contributed by atoms with Crippen molar-refractivity contribution in [2.45, 2.75) is 26.8 Å². The fourth-order valence-electron chi connectivity index (χ4n) is 0.428. The lowest BCUT2D eigenvalue weighted by Crippen LogP contribution is -2.23. The summed E-state index contributed by atoms with van der Waals surface area (Å²) in [5.74, 6) is 0. The molecule has 1 atom stereocenters. The Morgan fingerprint density at radius 1 is 1.56 bits per heavy atom. The summed E-state index contributed by atoms with van der Waals surface area (Å²) in [6, 6.07) is -0.488. The number of aldehydes is 1. The summed E-state index contributed by atoms with van der Waals surface area (Å²) in [7, 11) is 0. The van der Waals surface area contributed by atoms with E-state index in [1.54, 1.807) is 0 Å². The fourth-order valence-corrected chi connectivity index (χ4v) is 0.428. The summed E-state index contributed by atoms with van der Waals surface area (Å²) in [6.45, 7) is 12.2. The molecule has 0 fully saturated rings. The molecule has 0 heterocycles. The zero-order valence-corrected chi connectivity index (χ0v) is 6.01. The van der Waals surface area contributed by atoms with Crippen LogP contribution in [0.1, 0.15) is 20.8 Å². The molecule has 0 aromatic carbocycles. The maximum absolute atomic E-state index is 10.2. The molecule has 0 aromatic heterocycles. The fraction of sp³-hybridized carbons (Fsp3) is 0.714. The van der Waals surface area contributed by atoms with E-state index in [9.17, 15) is 4.79 Å². The normalized spacial score (nSPS) is 14.0. The molecule has 0 aromatic rings. The van der Waals surface area contributed by atoms with Crippen LogP contribution in [0.15, 0.2) is 0 Å². The van der Waals surface area contributed by atoms with Crippen LogP contribution < -0.4 is 0 Å². The van der Waals surface area contributed by atoms with E-state index in [0.29, 0.717) is 6.29 Å². The molecule has 0 aliphatic rings. The smallest absolute Gasteiger partial charge is 0.282 e. The summed E-state index contributed by atoms with van der Waals surface area (Å²) >= 11 is 0. The van der Waals surface area contributed by atoms with E-state index in [0.717, 1.165) is 0 Å². The van der Waals surface area contributed by atoms with Gasteiger partial charge in [0.05, 0.1) is 0 Å². The minimum atomic E-state index is -0.488. The van der Waals surface area contributed by atoms with Crippen molar-refractivity contribution >= 4 is 6.29 Å². The molecule has 9 heavy (non-hydrogen) atoms. The zero-order chi connectivity index (χ0) is 7.49. The van der Waals surface area contributed by atoms with Crippen LogP contribution in [0.3, 0.4) is 0 Å². The number of carbonyl (C=O) groups is 1. The number of hydrogen-bond acceptors (Lipinski definition) is 1. The predicted molar refractivity (Wildman–Crippen MR) is 35.9 cm³/mol. The van der Waals surface area contributed by atoms with E-state index in [4.69, 9.17) is 6.57 Å². The van der Waals surface area contributed by atoms with E-state index in [1.165, 1.54) is 0 Å². The molecule has 0 amide bonds. The zero-order valence-electron chi connectivity index (χ0n) is 6.01. The largest absolute Gasteiger partial charge is 0.305 e. The second-order valence-electron chi connectivity index (χ2n) is 3.08. The van der Waals surface area contributed by atoms with Crippen LogP contribution in [0, 0.1) is 12.0 Å². The third kappa shape index (κ3) is 2.27. The Morgan fingerprint density at radius 2 is 2.00 bits per heavy atom. The lowest BCUT2D eigenvalue weighted by Gasteiger charge is -2.14. The van der Waals surface area contributed by atoms with Crippen LogP contribution in [0.4, 0.5) is 0 Å². The molecule has 2 heteroatoms. The monoisotopic (exact) mass is 125 g/mol. The summed E-state index contributed by atoms with van der Waals surface area (Å²) < 4.78 is 0. The van der Waals surface area contributed by atoms with Gasteiger partial charge in [-0.05, 0) is 0 Å². The lowest BCUT2D eigenvalue weighted by molar-refractivity contribution is -0.109. The molecule has 0 spiro atoms. The van der Waals surface area contributed by atoms with Crippen molar-refractivity contribution in [1.29, 1.82) is 0 Å². The Bertz CT molecular complexity index is 138. The standard InChI is InChI=1S/C7H11NO/c1-7(2,3)6(5-9)8-4/h5-6H,1-3H3. The van der Waals surface area contributed by atoms with Crippen molar-refractivity contribution in [3.05, 3.63) is 11.4 Å². The first-order valence-corrected chi connectivity index (χ1v) is 2.84. The van der Waals surface area contributed by atoms with Crippen molar-refractivity contribution < 1.29 is 4.79 Å². The molecule has 0 aliphatic carbocycles. The van der Waals surface area contributed by atoms with Gasteiger partial charge >= 0.3 is 0 Å². The van der Waals surface area contributed by atoms with Gasteiger partial charge in [0.25, 0.3) is 6.04 Å². The molecule has 0 radical (unpaired) electrons. The Balaban J connectivity index is 4.16. The molecular weight excluding hydrogens is 114 g/mol. The molecule has 0 saturated carbocycles. The summed E-state index contributed by atoms with van der Waals surface area (Å²) in [6.07, 6.45) is 0.701. The van der Waals surface area contributed by atoms with Crippen molar-refractivity contribution in [2.24, 2.45) is 5.41 Å². The highest BCUT2D eigenvalue weighted by Crippen LogP contribution is 2.19. The van der Waals surface area contributed by atoms with Gasteiger partial charge in [-0.25, -0.2) is 6.57 Å². The molecule has 50 valence electrons. The maximum Gasteiger partial charge on any atom is 0.282 e. The summed E-state index contributed by atoms with van der Waals surface area (Å²) in [5, 5.41) is 0. The average Bonchev–Trinajstić information content (AvgIpc) is 1.65. The lowest BCUT2D eigenvalue weighted by atomic mass is 9.88. The van der Waals surface area contributed by atoms with Crippen LogP contribution in [0.25, 0.3) is 4.85 Å². The van der Waals surface area contributed by atoms with Gasteiger partial charge in [0.15, 0.2) is 0 Å². The second kappa shape index (κ2) is 2.63. The van der Waals surface area contributed by atoms with Crippen LogP contribution >= 0.6 is 0 Å². The molecule has 1 unspecified atom stereocenters. The third-order valence-electron chi connectivity index (χ3n) is 1.16. The average molecular weight is 125 g/mol. The third-order valence-corrected chi connectivity index (χ3v) is 1.16. The number of hydrogen-bond donors (Lipinski definition) is 0. The first kappa shape index (κ1) is 8.16. The molecule has 0 rings (SSSR count). The van der Waals surface area contributed by atoms with Gasteiger partial charge in [-0.1, -0.05) is 20.8 Å². The Kier molecular flexibility index (Phi) is 2.39. The highest BCUT2D eigenvalue weighted by atomic mass is 16.1. The molecule has 0 aliphatic heterocycles. The number of carbonyl (C=O) groups excluding carboxylic acids is 1. The van der Waals surface area contributed by atoms with E-state index in [-0.39, 0.29) is 5.41 Å². The van der Waals surface area contributed by atoms with Gasteiger partial charge < -0.3 is 4.85 Å². The quantitative estimate of drug-likeness (QED) is 0.384. The van der Waals surface area contributed by atoms with Gasteiger partial charge in [-0.15, -0.1) is 0 Å². The number of nitrogens with zero attached hydrogens (tertiary/aromatic N) is 1. The molecular formula is C7H11NO. The van der Waals surface area contributed by atoms with Gasteiger partial charge in [-0.3, -0.25) is 4.79 Å². The van der Waals surface area contributed by atoms with Crippen LogP contribution in [0.5, 0.6) is 0 Å². The minimum absolute atomic E-state index is 0.205. The first-order valence-electron chi connectivity index (χ1n) is 2.84. The predicted octanol–water partition coefficient (Wildman–Crippen LogP) is 1.52. The van der Waals surface area contributed by atoms with Gasteiger partial charge in [0, 0.05) is 5.41 Å². The van der Waals surface area contributed by atoms with E-state index in [1.807, 2.05) is 20.8 Å². The summed E-state index contributed by atoms with van der Waals surface area (Å²) in [4.78, 5) is 13.3. The Morgan fingerprint density at radius 3 is 2.00 bits per heavy atom. The van der Waals surface area contributed by atoms with Crippen molar-refractivity contribution in [3.8, 4) is 0 Å². The van der Waals surface area contributed by atoms with Crippen LogP contribution in [-0.2, 0) is 4.79 Å². The topological polar surface area (TPSA) is 21.4 Å². The maximum atomic E-state index is 10.2. The van der Waals surface area contributed by atoms with Crippen LogP contribution in [0.2, 0.25) is 0 Å². The molecule has 0 saturated heterocycles. The molecule has 0 N–H and O–H groups in total. The summed E-state index contributed by atoms with van der Waals surface area (Å²) in [5.41, 5.74) is -0.205. The van der Waals surface area contributed by atoms with Crippen LogP contribution in [-0.4, -0.2) is 12.3 Å².